The lowest BCUT2D eigenvalue weighted by Crippen LogP contribution is -2.16. The van der Waals surface area contributed by atoms with Crippen molar-refractivity contribution in [2.75, 3.05) is 5.32 Å². The molecule has 0 saturated carbocycles. The van der Waals surface area contributed by atoms with Crippen LogP contribution in [0.25, 0.3) is 0 Å². The van der Waals surface area contributed by atoms with Crippen molar-refractivity contribution in [2.24, 2.45) is 0 Å². The van der Waals surface area contributed by atoms with Gasteiger partial charge in [0.2, 0.25) is 5.95 Å². The third kappa shape index (κ3) is 3.25. The minimum atomic E-state index is -0.614. The van der Waals surface area contributed by atoms with Gasteiger partial charge in [0.1, 0.15) is 11.5 Å². The summed E-state index contributed by atoms with van der Waals surface area (Å²) in [6.07, 6.45) is 1.39. The molecule has 0 aliphatic heterocycles. The van der Waals surface area contributed by atoms with Crippen molar-refractivity contribution in [3.05, 3.63) is 35.2 Å². The number of carbonyl (C=O) groups excluding carboxylic acids is 1. The molecule has 7 heteroatoms. The minimum absolute atomic E-state index is 0.0591. The molecule has 2 rings (SSSR count). The Morgan fingerprint density at radius 1 is 1.14 bits per heavy atom. The number of rotatable bonds is 4. The fraction of sp³-hybridized carbons (Fsp3) is 0.286. The Balaban J connectivity index is 2.25. The molecular formula is C14H16N4O3. The van der Waals surface area contributed by atoms with Gasteiger partial charge in [-0.25, -0.2) is 4.98 Å². The molecule has 0 unspecified atom stereocenters. The lowest BCUT2D eigenvalue weighted by molar-refractivity contribution is 0.102. The van der Waals surface area contributed by atoms with Gasteiger partial charge in [-0.15, -0.1) is 10.2 Å². The summed E-state index contributed by atoms with van der Waals surface area (Å²) in [5.41, 5.74) is 1.50. The smallest absolute Gasteiger partial charge is 0.261 e. The highest BCUT2D eigenvalue weighted by Gasteiger charge is 2.15. The summed E-state index contributed by atoms with van der Waals surface area (Å²) in [7, 11) is 0. The maximum Gasteiger partial charge on any atom is 0.261 e. The quantitative estimate of drug-likeness (QED) is 0.738. The number of nitrogens with zero attached hydrogens (tertiary/aromatic N) is 3. The third-order valence-corrected chi connectivity index (χ3v) is 2.96. The summed E-state index contributed by atoms with van der Waals surface area (Å²) < 4.78 is 0. The van der Waals surface area contributed by atoms with E-state index in [9.17, 15) is 15.0 Å². The van der Waals surface area contributed by atoms with Gasteiger partial charge in [-0.05, 0) is 31.0 Å². The summed E-state index contributed by atoms with van der Waals surface area (Å²) in [4.78, 5) is 16.3. The fourth-order valence-corrected chi connectivity index (χ4v) is 1.87. The standard InChI is InChI=1S/C14H16N4O3/c1-3-10-11(4-2)17-18-14(15-10)16-13(21)9-7-8(19)5-6-12(9)20/h5-7,19-20H,3-4H2,1-2H3,(H,15,16,18,21). The molecule has 0 atom stereocenters. The van der Waals surface area contributed by atoms with Crippen molar-refractivity contribution < 1.29 is 15.0 Å². The maximum atomic E-state index is 12.1. The highest BCUT2D eigenvalue weighted by Crippen LogP contribution is 2.22. The van der Waals surface area contributed by atoms with E-state index in [0.29, 0.717) is 12.8 Å². The number of anilines is 1. The predicted octanol–water partition coefficient (Wildman–Crippen LogP) is 1.66. The lowest BCUT2D eigenvalue weighted by Gasteiger charge is -2.08. The van der Waals surface area contributed by atoms with E-state index in [1.807, 2.05) is 13.8 Å². The van der Waals surface area contributed by atoms with Crippen LogP contribution in [0.1, 0.15) is 35.6 Å². The van der Waals surface area contributed by atoms with Gasteiger partial charge in [0.05, 0.1) is 17.0 Å². The highest BCUT2D eigenvalue weighted by atomic mass is 16.3. The monoisotopic (exact) mass is 288 g/mol. The molecule has 1 heterocycles. The van der Waals surface area contributed by atoms with Gasteiger partial charge in [0.25, 0.3) is 5.91 Å². The van der Waals surface area contributed by atoms with Crippen LogP contribution in [0.4, 0.5) is 5.95 Å². The summed E-state index contributed by atoms with van der Waals surface area (Å²) in [5, 5.41) is 29.3. The zero-order valence-corrected chi connectivity index (χ0v) is 11.8. The van der Waals surface area contributed by atoms with Gasteiger partial charge < -0.3 is 10.2 Å². The average molecular weight is 288 g/mol. The van der Waals surface area contributed by atoms with Gasteiger partial charge >= 0.3 is 0 Å². The molecule has 1 amide bonds. The van der Waals surface area contributed by atoms with Crippen LogP contribution >= 0.6 is 0 Å². The molecule has 2 aromatic rings. The first-order valence-corrected chi connectivity index (χ1v) is 6.61. The zero-order chi connectivity index (χ0) is 15.4. The van der Waals surface area contributed by atoms with Gasteiger partial charge in [-0.1, -0.05) is 13.8 Å². The number of aryl methyl sites for hydroxylation is 2. The van der Waals surface area contributed by atoms with E-state index in [-0.39, 0.29) is 23.0 Å². The third-order valence-electron chi connectivity index (χ3n) is 2.96. The zero-order valence-electron chi connectivity index (χ0n) is 11.8. The Kier molecular flexibility index (Phi) is 4.32. The Labute approximate surface area is 121 Å². The second-order valence-corrected chi connectivity index (χ2v) is 4.39. The molecule has 0 radical (unpaired) electrons. The number of phenols is 2. The summed E-state index contributed by atoms with van der Waals surface area (Å²) in [5.74, 6) is -0.903. The average Bonchev–Trinajstić information content (AvgIpc) is 2.49. The SMILES string of the molecule is CCc1nnc(NC(=O)c2cc(O)ccc2O)nc1CC. The van der Waals surface area contributed by atoms with Crippen molar-refractivity contribution in [3.63, 3.8) is 0 Å². The first kappa shape index (κ1) is 14.7. The highest BCUT2D eigenvalue weighted by molar-refractivity contribution is 6.05. The number of aromatic nitrogens is 3. The molecule has 0 saturated heterocycles. The van der Waals surface area contributed by atoms with Crippen LogP contribution in [-0.4, -0.2) is 31.3 Å². The van der Waals surface area contributed by atoms with Crippen LogP contribution in [0, 0.1) is 0 Å². The van der Waals surface area contributed by atoms with E-state index >= 15 is 0 Å². The van der Waals surface area contributed by atoms with Crippen molar-refractivity contribution in [3.8, 4) is 11.5 Å². The number of hydrogen-bond acceptors (Lipinski definition) is 6. The van der Waals surface area contributed by atoms with Gasteiger partial charge in [-0.3, -0.25) is 10.1 Å². The largest absolute Gasteiger partial charge is 0.508 e. The topological polar surface area (TPSA) is 108 Å². The fourth-order valence-electron chi connectivity index (χ4n) is 1.87. The molecule has 3 N–H and O–H groups in total. The van der Waals surface area contributed by atoms with E-state index < -0.39 is 5.91 Å². The molecule has 0 bridgehead atoms. The van der Waals surface area contributed by atoms with Crippen LogP contribution in [0.2, 0.25) is 0 Å². The van der Waals surface area contributed by atoms with Gasteiger partial charge in [0, 0.05) is 0 Å². The number of nitrogens with one attached hydrogen (secondary N) is 1. The lowest BCUT2D eigenvalue weighted by atomic mass is 10.2. The minimum Gasteiger partial charge on any atom is -0.508 e. The van der Waals surface area contributed by atoms with Crippen molar-refractivity contribution in [1.29, 1.82) is 0 Å². The predicted molar refractivity (Wildman–Crippen MR) is 76.3 cm³/mol. The number of benzene rings is 1. The summed E-state index contributed by atoms with van der Waals surface area (Å²) >= 11 is 0. The van der Waals surface area contributed by atoms with Crippen LogP contribution in [0.3, 0.4) is 0 Å². The Bertz CT molecular complexity index is 673. The van der Waals surface area contributed by atoms with Crippen LogP contribution in [0.5, 0.6) is 11.5 Å². The Morgan fingerprint density at radius 3 is 2.52 bits per heavy atom. The molecule has 0 spiro atoms. The molecule has 1 aromatic carbocycles. The number of hydrogen-bond donors (Lipinski definition) is 3. The number of aromatic hydroxyl groups is 2. The van der Waals surface area contributed by atoms with Crippen LogP contribution < -0.4 is 5.32 Å². The van der Waals surface area contributed by atoms with Gasteiger partial charge in [0.15, 0.2) is 0 Å². The van der Waals surface area contributed by atoms with Crippen molar-refractivity contribution >= 4 is 11.9 Å². The molecule has 0 aliphatic rings. The second kappa shape index (κ2) is 6.17. The first-order valence-electron chi connectivity index (χ1n) is 6.61. The van der Waals surface area contributed by atoms with E-state index in [2.05, 4.69) is 20.5 Å². The molecule has 0 fully saturated rings. The van der Waals surface area contributed by atoms with E-state index in [1.54, 1.807) is 0 Å². The van der Waals surface area contributed by atoms with Crippen LogP contribution in [-0.2, 0) is 12.8 Å². The van der Waals surface area contributed by atoms with Crippen molar-refractivity contribution in [1.82, 2.24) is 15.2 Å². The Morgan fingerprint density at radius 2 is 1.86 bits per heavy atom. The summed E-state index contributed by atoms with van der Waals surface area (Å²) in [6.45, 7) is 3.89. The molecular weight excluding hydrogens is 272 g/mol. The van der Waals surface area contributed by atoms with Gasteiger partial charge in [-0.2, -0.15) is 0 Å². The van der Waals surface area contributed by atoms with E-state index in [4.69, 9.17) is 0 Å². The Hall–Kier alpha value is -2.70. The first-order chi connectivity index (χ1) is 10.0. The van der Waals surface area contributed by atoms with E-state index in [1.165, 1.54) is 18.2 Å². The second-order valence-electron chi connectivity index (χ2n) is 4.39. The number of carbonyl (C=O) groups is 1. The van der Waals surface area contributed by atoms with E-state index in [0.717, 1.165) is 11.4 Å². The molecule has 0 aliphatic carbocycles. The summed E-state index contributed by atoms with van der Waals surface area (Å²) in [6, 6.07) is 3.69. The molecule has 21 heavy (non-hydrogen) atoms. The van der Waals surface area contributed by atoms with Crippen molar-refractivity contribution in [2.45, 2.75) is 26.7 Å². The normalized spacial score (nSPS) is 10.4. The molecule has 1 aromatic heterocycles. The number of amides is 1. The molecule has 7 nitrogen and oxygen atoms in total. The van der Waals surface area contributed by atoms with Crippen LogP contribution in [0.15, 0.2) is 18.2 Å². The number of phenolic OH excluding ortho intramolecular Hbond substituents is 2. The molecule has 110 valence electrons. The maximum absolute atomic E-state index is 12.1.